The highest BCUT2D eigenvalue weighted by Crippen LogP contribution is 2.20. The molecular weight excluding hydrogens is 420 g/mol. The molecule has 1 aromatic carbocycles. The molecule has 2 aromatic rings. The Balaban J connectivity index is 1.56. The number of oxazole rings is 1. The summed E-state index contributed by atoms with van der Waals surface area (Å²) < 4.78 is 16.6. The minimum Gasteiger partial charge on any atom is -0.494 e. The number of morpholine rings is 1. The summed E-state index contributed by atoms with van der Waals surface area (Å²) in [6.07, 6.45) is 1.45. The number of hydrogen-bond acceptors (Lipinski definition) is 7. The predicted molar refractivity (Wildman–Crippen MR) is 127 cm³/mol. The Morgan fingerprint density at radius 3 is 2.58 bits per heavy atom. The zero-order valence-corrected chi connectivity index (χ0v) is 20.4. The van der Waals surface area contributed by atoms with Gasteiger partial charge in [0.25, 0.3) is 5.91 Å². The molecule has 1 fully saturated rings. The molecule has 2 heterocycles. The van der Waals surface area contributed by atoms with Gasteiger partial charge < -0.3 is 19.2 Å². The molecule has 1 aromatic heterocycles. The molecule has 1 aliphatic heterocycles. The van der Waals surface area contributed by atoms with Crippen molar-refractivity contribution in [1.82, 2.24) is 20.1 Å². The monoisotopic (exact) mass is 458 g/mol. The van der Waals surface area contributed by atoms with Crippen LogP contribution in [0.5, 0.6) is 5.75 Å². The van der Waals surface area contributed by atoms with Crippen molar-refractivity contribution in [2.75, 3.05) is 46.0 Å². The highest BCUT2D eigenvalue weighted by molar-refractivity contribution is 5.91. The van der Waals surface area contributed by atoms with Crippen LogP contribution in [0.15, 0.2) is 34.9 Å². The van der Waals surface area contributed by atoms with Crippen LogP contribution in [0.4, 0.5) is 0 Å². The highest BCUT2D eigenvalue weighted by atomic mass is 16.5. The molecule has 3 rings (SSSR count). The third-order valence-electron chi connectivity index (χ3n) is 6.10. The quantitative estimate of drug-likeness (QED) is 0.523. The summed E-state index contributed by atoms with van der Waals surface area (Å²) in [5.74, 6) is 1.69. The van der Waals surface area contributed by atoms with Crippen LogP contribution in [0.2, 0.25) is 0 Å². The maximum Gasteiger partial charge on any atom is 0.273 e. The largest absolute Gasteiger partial charge is 0.494 e. The molecule has 1 saturated heterocycles. The molecule has 0 radical (unpaired) electrons. The Morgan fingerprint density at radius 1 is 1.18 bits per heavy atom. The number of hydrogen-bond donors (Lipinski definition) is 1. The lowest BCUT2D eigenvalue weighted by Crippen LogP contribution is -2.41. The van der Waals surface area contributed by atoms with Gasteiger partial charge in [0.2, 0.25) is 5.89 Å². The van der Waals surface area contributed by atoms with E-state index in [4.69, 9.17) is 13.9 Å². The standard InChI is InChI=1S/C25H38N4O4/c1-5-32-22-8-6-21(7-9-22)16-29(20(4)19(2)3)17-24-27-23(18-33-24)25(30)26-10-11-28-12-14-31-15-13-28/h6-9,18-20H,5,10-17H2,1-4H3,(H,26,30). The van der Waals surface area contributed by atoms with Crippen LogP contribution in [0.3, 0.4) is 0 Å². The number of benzene rings is 1. The van der Waals surface area contributed by atoms with E-state index in [2.05, 4.69) is 53.0 Å². The summed E-state index contributed by atoms with van der Waals surface area (Å²) >= 11 is 0. The van der Waals surface area contributed by atoms with Crippen molar-refractivity contribution >= 4 is 5.91 Å². The molecule has 182 valence electrons. The summed E-state index contributed by atoms with van der Waals surface area (Å²) in [4.78, 5) is 21.6. The molecule has 1 amide bonds. The molecule has 0 bridgehead atoms. The number of ether oxygens (including phenoxy) is 2. The molecule has 8 nitrogen and oxygen atoms in total. The number of carbonyl (C=O) groups is 1. The van der Waals surface area contributed by atoms with E-state index in [0.29, 0.717) is 43.2 Å². The summed E-state index contributed by atoms with van der Waals surface area (Å²) in [6, 6.07) is 8.50. The number of amides is 1. The Hall–Kier alpha value is -2.42. The van der Waals surface area contributed by atoms with E-state index in [1.807, 2.05) is 19.1 Å². The smallest absolute Gasteiger partial charge is 0.273 e. The Morgan fingerprint density at radius 2 is 1.91 bits per heavy atom. The first-order valence-electron chi connectivity index (χ1n) is 11.9. The van der Waals surface area contributed by atoms with Gasteiger partial charge in [-0.05, 0) is 37.5 Å². The molecule has 0 spiro atoms. The third kappa shape index (κ3) is 7.84. The van der Waals surface area contributed by atoms with Gasteiger partial charge in [-0.2, -0.15) is 0 Å². The minimum atomic E-state index is -0.201. The van der Waals surface area contributed by atoms with Crippen molar-refractivity contribution in [3.63, 3.8) is 0 Å². The van der Waals surface area contributed by atoms with Gasteiger partial charge in [0, 0.05) is 38.8 Å². The van der Waals surface area contributed by atoms with E-state index in [-0.39, 0.29) is 5.91 Å². The maximum absolute atomic E-state index is 12.5. The fraction of sp³-hybridized carbons (Fsp3) is 0.600. The second kappa shape index (κ2) is 12.7. The molecule has 1 atom stereocenters. The van der Waals surface area contributed by atoms with Crippen molar-refractivity contribution in [3.8, 4) is 5.75 Å². The van der Waals surface area contributed by atoms with E-state index >= 15 is 0 Å². The molecule has 1 unspecified atom stereocenters. The van der Waals surface area contributed by atoms with Gasteiger partial charge in [0.1, 0.15) is 12.0 Å². The van der Waals surface area contributed by atoms with Crippen LogP contribution in [0.25, 0.3) is 0 Å². The zero-order valence-electron chi connectivity index (χ0n) is 20.4. The molecule has 8 heteroatoms. The van der Waals surface area contributed by atoms with Crippen molar-refractivity contribution in [2.24, 2.45) is 5.92 Å². The first kappa shape index (κ1) is 25.2. The van der Waals surface area contributed by atoms with Gasteiger partial charge >= 0.3 is 0 Å². The average molecular weight is 459 g/mol. The SMILES string of the molecule is CCOc1ccc(CN(Cc2nc(C(=O)NCCN3CCOCC3)co2)C(C)C(C)C)cc1. The van der Waals surface area contributed by atoms with Gasteiger partial charge in [0.05, 0.1) is 26.4 Å². The summed E-state index contributed by atoms with van der Waals surface area (Å²) in [5, 5.41) is 2.94. The van der Waals surface area contributed by atoms with E-state index in [1.54, 1.807) is 0 Å². The second-order valence-corrected chi connectivity index (χ2v) is 8.80. The first-order valence-corrected chi connectivity index (χ1v) is 11.9. The zero-order chi connectivity index (χ0) is 23.6. The van der Waals surface area contributed by atoms with Crippen LogP contribution < -0.4 is 10.1 Å². The van der Waals surface area contributed by atoms with Crippen molar-refractivity contribution in [3.05, 3.63) is 47.7 Å². The van der Waals surface area contributed by atoms with Gasteiger partial charge in [-0.1, -0.05) is 26.0 Å². The number of nitrogens with zero attached hydrogens (tertiary/aromatic N) is 3. The second-order valence-electron chi connectivity index (χ2n) is 8.80. The molecule has 0 aliphatic carbocycles. The number of carbonyl (C=O) groups excluding carboxylic acids is 1. The normalized spacial score (nSPS) is 15.7. The van der Waals surface area contributed by atoms with Gasteiger partial charge in [0.15, 0.2) is 5.69 Å². The number of aromatic nitrogens is 1. The van der Waals surface area contributed by atoms with Crippen LogP contribution in [0.1, 0.15) is 49.6 Å². The minimum absolute atomic E-state index is 0.201. The van der Waals surface area contributed by atoms with E-state index < -0.39 is 0 Å². The van der Waals surface area contributed by atoms with E-state index in [0.717, 1.165) is 45.1 Å². The Kier molecular flexibility index (Phi) is 9.72. The number of rotatable bonds is 12. The Bertz CT molecular complexity index is 846. The fourth-order valence-corrected chi connectivity index (χ4v) is 3.76. The van der Waals surface area contributed by atoms with Crippen LogP contribution in [-0.4, -0.2) is 72.7 Å². The average Bonchev–Trinajstić information content (AvgIpc) is 3.29. The lowest BCUT2D eigenvalue weighted by molar-refractivity contribution is 0.0383. The molecule has 1 N–H and O–H groups in total. The van der Waals surface area contributed by atoms with Crippen molar-refractivity contribution in [1.29, 1.82) is 0 Å². The lowest BCUT2D eigenvalue weighted by Gasteiger charge is -2.30. The van der Waals surface area contributed by atoms with Crippen LogP contribution in [0, 0.1) is 5.92 Å². The van der Waals surface area contributed by atoms with Gasteiger partial charge in [-0.3, -0.25) is 14.6 Å². The molecule has 33 heavy (non-hydrogen) atoms. The maximum atomic E-state index is 12.5. The first-order chi connectivity index (χ1) is 16.0. The van der Waals surface area contributed by atoms with E-state index in [1.165, 1.54) is 11.8 Å². The topological polar surface area (TPSA) is 80.1 Å². The summed E-state index contributed by atoms with van der Waals surface area (Å²) in [7, 11) is 0. The Labute approximate surface area is 197 Å². The molecule has 0 saturated carbocycles. The molecular formula is C25H38N4O4. The van der Waals surface area contributed by atoms with Crippen LogP contribution in [-0.2, 0) is 17.8 Å². The van der Waals surface area contributed by atoms with Gasteiger partial charge in [-0.15, -0.1) is 0 Å². The molecule has 1 aliphatic rings. The lowest BCUT2D eigenvalue weighted by atomic mass is 10.0. The third-order valence-corrected chi connectivity index (χ3v) is 6.10. The summed E-state index contributed by atoms with van der Waals surface area (Å²) in [6.45, 7) is 15.3. The summed E-state index contributed by atoms with van der Waals surface area (Å²) in [5.41, 5.74) is 1.52. The predicted octanol–water partition coefficient (Wildman–Crippen LogP) is 3.18. The fourth-order valence-electron chi connectivity index (χ4n) is 3.76. The highest BCUT2D eigenvalue weighted by Gasteiger charge is 2.21. The van der Waals surface area contributed by atoms with E-state index in [9.17, 15) is 4.79 Å². The number of nitrogens with one attached hydrogen (secondary N) is 1. The van der Waals surface area contributed by atoms with Gasteiger partial charge in [-0.25, -0.2) is 4.98 Å². The van der Waals surface area contributed by atoms with Crippen molar-refractivity contribution in [2.45, 2.75) is 46.8 Å². The van der Waals surface area contributed by atoms with Crippen LogP contribution >= 0.6 is 0 Å². The van der Waals surface area contributed by atoms with Crippen molar-refractivity contribution < 1.29 is 18.7 Å².